The van der Waals surface area contributed by atoms with Gasteiger partial charge in [0.2, 0.25) is 5.91 Å². The molecule has 1 aromatic carbocycles. The number of likely N-dealkylation sites (tertiary alicyclic amines) is 1. The van der Waals surface area contributed by atoms with Crippen LogP contribution in [0.25, 0.3) is 0 Å². The third-order valence-electron chi connectivity index (χ3n) is 3.85. The summed E-state index contributed by atoms with van der Waals surface area (Å²) in [4.78, 5) is 25.6. The van der Waals surface area contributed by atoms with Gasteiger partial charge in [0.1, 0.15) is 11.8 Å². The van der Waals surface area contributed by atoms with E-state index in [9.17, 15) is 9.59 Å². The van der Waals surface area contributed by atoms with Crippen LogP contribution in [0.1, 0.15) is 24.8 Å². The molecule has 0 spiro atoms. The van der Waals surface area contributed by atoms with Crippen molar-refractivity contribution in [3.8, 4) is 5.75 Å². The Bertz CT molecular complexity index is 515. The van der Waals surface area contributed by atoms with E-state index in [0.29, 0.717) is 25.8 Å². The van der Waals surface area contributed by atoms with E-state index in [1.54, 1.807) is 12.0 Å². The average molecular weight is 291 g/mol. The number of amides is 1. The predicted octanol–water partition coefficient (Wildman–Crippen LogP) is 1.79. The lowest BCUT2D eigenvalue weighted by atomic mass is 10.1. The van der Waals surface area contributed by atoms with Gasteiger partial charge in [0.15, 0.2) is 0 Å². The van der Waals surface area contributed by atoms with Gasteiger partial charge in [0.05, 0.1) is 14.2 Å². The molecule has 0 saturated carbocycles. The SMILES string of the molecule is COC(=O)C1CCCN1C(=O)CCc1ccccc1OC. The van der Waals surface area contributed by atoms with Crippen molar-refractivity contribution in [3.63, 3.8) is 0 Å². The molecule has 1 atom stereocenters. The van der Waals surface area contributed by atoms with Gasteiger partial charge < -0.3 is 14.4 Å². The molecule has 0 aromatic heterocycles. The number of hydrogen-bond donors (Lipinski definition) is 0. The van der Waals surface area contributed by atoms with E-state index in [2.05, 4.69) is 0 Å². The molecule has 5 heteroatoms. The number of ether oxygens (including phenoxy) is 2. The standard InChI is InChI=1S/C16H21NO4/c1-20-14-8-4-3-6-12(14)9-10-15(18)17-11-5-7-13(17)16(19)21-2/h3-4,6,8,13H,5,7,9-11H2,1-2H3. The van der Waals surface area contributed by atoms with Gasteiger partial charge in [-0.25, -0.2) is 4.79 Å². The number of para-hydroxylation sites is 1. The second kappa shape index (κ2) is 7.11. The molecule has 1 unspecified atom stereocenters. The zero-order valence-electron chi connectivity index (χ0n) is 12.5. The Kier molecular flexibility index (Phi) is 5.20. The molecule has 1 saturated heterocycles. The number of nitrogens with zero attached hydrogens (tertiary/aromatic N) is 1. The molecule has 5 nitrogen and oxygen atoms in total. The number of rotatable bonds is 5. The summed E-state index contributed by atoms with van der Waals surface area (Å²) < 4.78 is 10.0. The number of methoxy groups -OCH3 is 2. The van der Waals surface area contributed by atoms with E-state index >= 15 is 0 Å². The average Bonchev–Trinajstić information content (AvgIpc) is 3.01. The Hall–Kier alpha value is -2.04. The zero-order chi connectivity index (χ0) is 15.2. The summed E-state index contributed by atoms with van der Waals surface area (Å²) in [6.45, 7) is 0.629. The van der Waals surface area contributed by atoms with Crippen LogP contribution in [0.5, 0.6) is 5.75 Å². The van der Waals surface area contributed by atoms with Crippen molar-refractivity contribution in [2.24, 2.45) is 0 Å². The number of carbonyl (C=O) groups excluding carboxylic acids is 2. The first kappa shape index (κ1) is 15.4. The number of hydrogen-bond acceptors (Lipinski definition) is 4. The molecule has 0 bridgehead atoms. The first-order chi connectivity index (χ1) is 10.2. The third-order valence-corrected chi connectivity index (χ3v) is 3.85. The van der Waals surface area contributed by atoms with Crippen molar-refractivity contribution in [2.75, 3.05) is 20.8 Å². The van der Waals surface area contributed by atoms with E-state index in [1.807, 2.05) is 24.3 Å². The summed E-state index contributed by atoms with van der Waals surface area (Å²) in [7, 11) is 2.98. The third kappa shape index (κ3) is 3.54. The number of aryl methyl sites for hydroxylation is 1. The molecule has 1 fully saturated rings. The number of benzene rings is 1. The molecule has 1 aliphatic heterocycles. The minimum absolute atomic E-state index is 0.00574. The highest BCUT2D eigenvalue weighted by Crippen LogP contribution is 2.22. The van der Waals surface area contributed by atoms with Crippen LogP contribution in [-0.2, 0) is 20.7 Å². The van der Waals surface area contributed by atoms with Gasteiger partial charge in [-0.15, -0.1) is 0 Å². The second-order valence-corrected chi connectivity index (χ2v) is 5.08. The van der Waals surface area contributed by atoms with Crippen LogP contribution in [-0.4, -0.2) is 43.6 Å². The Balaban J connectivity index is 1.97. The van der Waals surface area contributed by atoms with Crippen molar-refractivity contribution in [2.45, 2.75) is 31.7 Å². The van der Waals surface area contributed by atoms with Gasteiger partial charge >= 0.3 is 5.97 Å². The summed E-state index contributed by atoms with van der Waals surface area (Å²) in [6, 6.07) is 7.24. The van der Waals surface area contributed by atoms with Crippen molar-refractivity contribution in [1.29, 1.82) is 0 Å². The summed E-state index contributed by atoms with van der Waals surface area (Å²) in [6.07, 6.45) is 2.51. The normalized spacial score (nSPS) is 17.6. The molecule has 1 heterocycles. The van der Waals surface area contributed by atoms with E-state index in [0.717, 1.165) is 17.7 Å². The van der Waals surface area contributed by atoms with Crippen LogP contribution in [0.2, 0.25) is 0 Å². The zero-order valence-corrected chi connectivity index (χ0v) is 12.5. The molecule has 0 radical (unpaired) electrons. The maximum Gasteiger partial charge on any atom is 0.328 e. The van der Waals surface area contributed by atoms with Crippen LogP contribution in [0.15, 0.2) is 24.3 Å². The Morgan fingerprint density at radius 3 is 2.76 bits per heavy atom. The fourth-order valence-electron chi connectivity index (χ4n) is 2.74. The quantitative estimate of drug-likeness (QED) is 0.776. The van der Waals surface area contributed by atoms with Crippen LogP contribution >= 0.6 is 0 Å². The van der Waals surface area contributed by atoms with Crippen LogP contribution in [0.3, 0.4) is 0 Å². The van der Waals surface area contributed by atoms with Gasteiger partial charge in [-0.05, 0) is 30.9 Å². The van der Waals surface area contributed by atoms with E-state index in [4.69, 9.17) is 9.47 Å². The molecule has 0 N–H and O–H groups in total. The Morgan fingerprint density at radius 2 is 2.05 bits per heavy atom. The lowest BCUT2D eigenvalue weighted by molar-refractivity contribution is -0.150. The predicted molar refractivity (Wildman–Crippen MR) is 78.1 cm³/mol. The molecular formula is C16H21NO4. The monoisotopic (exact) mass is 291 g/mol. The largest absolute Gasteiger partial charge is 0.496 e. The van der Waals surface area contributed by atoms with Crippen molar-refractivity contribution < 1.29 is 19.1 Å². The van der Waals surface area contributed by atoms with Crippen LogP contribution < -0.4 is 4.74 Å². The maximum absolute atomic E-state index is 12.3. The molecule has 21 heavy (non-hydrogen) atoms. The summed E-state index contributed by atoms with van der Waals surface area (Å²) >= 11 is 0. The van der Waals surface area contributed by atoms with Crippen LogP contribution in [0, 0.1) is 0 Å². The maximum atomic E-state index is 12.3. The van der Waals surface area contributed by atoms with E-state index < -0.39 is 6.04 Å². The fraction of sp³-hybridized carbons (Fsp3) is 0.500. The van der Waals surface area contributed by atoms with Gasteiger partial charge in [-0.1, -0.05) is 18.2 Å². The molecule has 1 aliphatic rings. The van der Waals surface area contributed by atoms with Gasteiger partial charge in [-0.3, -0.25) is 4.79 Å². The lowest BCUT2D eigenvalue weighted by Crippen LogP contribution is -2.41. The van der Waals surface area contributed by atoms with Crippen LogP contribution in [0.4, 0.5) is 0 Å². The molecule has 114 valence electrons. The fourth-order valence-corrected chi connectivity index (χ4v) is 2.74. The molecule has 0 aliphatic carbocycles. The highest BCUT2D eigenvalue weighted by molar-refractivity contribution is 5.85. The van der Waals surface area contributed by atoms with Gasteiger partial charge in [-0.2, -0.15) is 0 Å². The topological polar surface area (TPSA) is 55.8 Å². The van der Waals surface area contributed by atoms with Crippen molar-refractivity contribution in [1.82, 2.24) is 4.90 Å². The highest BCUT2D eigenvalue weighted by Gasteiger charge is 2.34. The van der Waals surface area contributed by atoms with Crippen molar-refractivity contribution in [3.05, 3.63) is 29.8 Å². The lowest BCUT2D eigenvalue weighted by Gasteiger charge is -2.22. The summed E-state index contributed by atoms with van der Waals surface area (Å²) in [5.74, 6) is 0.461. The van der Waals surface area contributed by atoms with Gasteiger partial charge in [0.25, 0.3) is 0 Å². The summed E-state index contributed by atoms with van der Waals surface area (Å²) in [5, 5.41) is 0. The minimum Gasteiger partial charge on any atom is -0.496 e. The number of carbonyl (C=O) groups is 2. The Morgan fingerprint density at radius 1 is 1.29 bits per heavy atom. The molecule has 2 rings (SSSR count). The van der Waals surface area contributed by atoms with E-state index in [-0.39, 0.29) is 11.9 Å². The first-order valence-corrected chi connectivity index (χ1v) is 7.16. The first-order valence-electron chi connectivity index (χ1n) is 7.16. The molecule has 1 amide bonds. The highest BCUT2D eigenvalue weighted by atomic mass is 16.5. The molecule has 1 aromatic rings. The number of esters is 1. The van der Waals surface area contributed by atoms with Crippen molar-refractivity contribution >= 4 is 11.9 Å². The smallest absolute Gasteiger partial charge is 0.328 e. The molecular weight excluding hydrogens is 270 g/mol. The minimum atomic E-state index is -0.417. The second-order valence-electron chi connectivity index (χ2n) is 5.08. The van der Waals surface area contributed by atoms with E-state index in [1.165, 1.54) is 7.11 Å². The van der Waals surface area contributed by atoms with Gasteiger partial charge in [0, 0.05) is 13.0 Å². The Labute approximate surface area is 124 Å². The summed E-state index contributed by atoms with van der Waals surface area (Å²) in [5.41, 5.74) is 1.00.